The average Bonchev–Trinajstić information content (AvgIpc) is 3.54. The smallest absolute Gasteiger partial charge is 0.414 e. The molecule has 0 saturated carbocycles. The van der Waals surface area contributed by atoms with Crippen LogP contribution in [0, 0.1) is 6.92 Å². The number of pyridine rings is 1. The summed E-state index contributed by atoms with van der Waals surface area (Å²) in [7, 11) is 0. The Hall–Kier alpha value is -3.72. The van der Waals surface area contributed by atoms with E-state index in [-0.39, 0.29) is 12.0 Å². The van der Waals surface area contributed by atoms with Gasteiger partial charge in [-0.1, -0.05) is 18.2 Å². The van der Waals surface area contributed by atoms with Crippen LogP contribution in [0.3, 0.4) is 0 Å². The van der Waals surface area contributed by atoms with Gasteiger partial charge in [-0.05, 0) is 42.1 Å². The van der Waals surface area contributed by atoms with Gasteiger partial charge >= 0.3 is 6.09 Å². The zero-order chi connectivity index (χ0) is 22.1. The molecule has 0 radical (unpaired) electrons. The molecular formula is C23H21N5O3S. The lowest BCUT2D eigenvalue weighted by Gasteiger charge is -2.14. The largest absolute Gasteiger partial charge is 0.447 e. The van der Waals surface area contributed by atoms with Crippen LogP contribution < -0.4 is 10.2 Å². The minimum absolute atomic E-state index is 0.192. The fourth-order valence-corrected chi connectivity index (χ4v) is 4.45. The number of nitrogens with zero attached hydrogens (tertiary/aromatic N) is 4. The average molecular weight is 448 g/mol. The molecule has 1 fully saturated rings. The van der Waals surface area contributed by atoms with Crippen LogP contribution in [0.5, 0.6) is 0 Å². The number of aromatic nitrogens is 3. The third kappa shape index (κ3) is 3.94. The van der Waals surface area contributed by atoms with Crippen molar-refractivity contribution in [3.05, 3.63) is 75.7 Å². The van der Waals surface area contributed by atoms with Crippen LogP contribution in [-0.4, -0.2) is 39.9 Å². The molecule has 9 heteroatoms. The molecule has 1 N–H and O–H groups in total. The summed E-state index contributed by atoms with van der Waals surface area (Å²) in [6.45, 7) is 3.74. The van der Waals surface area contributed by atoms with E-state index in [0.29, 0.717) is 37.5 Å². The van der Waals surface area contributed by atoms with Gasteiger partial charge in [-0.15, -0.1) is 11.3 Å². The van der Waals surface area contributed by atoms with Gasteiger partial charge in [-0.2, -0.15) is 5.10 Å². The van der Waals surface area contributed by atoms with Gasteiger partial charge in [-0.25, -0.2) is 14.5 Å². The predicted molar refractivity (Wildman–Crippen MR) is 122 cm³/mol. The van der Waals surface area contributed by atoms with E-state index in [4.69, 9.17) is 4.74 Å². The second-order valence-electron chi connectivity index (χ2n) is 7.55. The van der Waals surface area contributed by atoms with Crippen molar-refractivity contribution >= 4 is 40.1 Å². The van der Waals surface area contributed by atoms with E-state index in [2.05, 4.69) is 21.5 Å². The molecule has 2 amide bonds. The Morgan fingerprint density at radius 2 is 2.16 bits per heavy atom. The van der Waals surface area contributed by atoms with Gasteiger partial charge < -0.3 is 10.1 Å². The van der Waals surface area contributed by atoms with Crippen LogP contribution in [0.2, 0.25) is 0 Å². The second-order valence-corrected chi connectivity index (χ2v) is 8.58. The van der Waals surface area contributed by atoms with E-state index in [1.165, 1.54) is 4.88 Å². The minimum Gasteiger partial charge on any atom is -0.447 e. The predicted octanol–water partition coefficient (Wildman–Crippen LogP) is 3.74. The lowest BCUT2D eigenvalue weighted by atomic mass is 10.1. The summed E-state index contributed by atoms with van der Waals surface area (Å²) in [5, 5.41) is 10.2. The number of rotatable bonds is 6. The van der Waals surface area contributed by atoms with Crippen LogP contribution in [0.15, 0.2) is 54.0 Å². The maximum atomic E-state index is 13.0. The summed E-state index contributed by atoms with van der Waals surface area (Å²) in [5.74, 6) is -0.192. The highest BCUT2D eigenvalue weighted by atomic mass is 32.1. The number of fused-ring (bicyclic) bond motifs is 1. The third-order valence-electron chi connectivity index (χ3n) is 5.30. The Bertz CT molecular complexity index is 1300. The Morgan fingerprint density at radius 3 is 2.94 bits per heavy atom. The van der Waals surface area contributed by atoms with E-state index in [1.54, 1.807) is 28.5 Å². The molecule has 0 unspecified atom stereocenters. The van der Waals surface area contributed by atoms with Crippen molar-refractivity contribution in [3.63, 3.8) is 0 Å². The fourth-order valence-electron chi connectivity index (χ4n) is 3.77. The van der Waals surface area contributed by atoms with Gasteiger partial charge in [0.15, 0.2) is 5.65 Å². The summed E-state index contributed by atoms with van der Waals surface area (Å²) < 4.78 is 6.83. The molecule has 0 atom stereocenters. The number of amides is 2. The molecule has 1 aromatic carbocycles. The number of aryl methyl sites for hydroxylation is 1. The van der Waals surface area contributed by atoms with E-state index in [1.807, 2.05) is 47.3 Å². The first-order valence-electron chi connectivity index (χ1n) is 10.3. The zero-order valence-corrected chi connectivity index (χ0v) is 18.3. The lowest BCUT2D eigenvalue weighted by molar-refractivity contribution is 0.0952. The molecule has 1 aliphatic rings. The zero-order valence-electron chi connectivity index (χ0n) is 17.4. The summed E-state index contributed by atoms with van der Waals surface area (Å²) >= 11 is 1.66. The number of hydrogen-bond donors (Lipinski definition) is 1. The topological polar surface area (TPSA) is 89.4 Å². The third-order valence-corrected chi connectivity index (χ3v) is 6.16. The number of cyclic esters (lactones) is 1. The second kappa shape index (κ2) is 8.43. The first-order chi connectivity index (χ1) is 15.6. The quantitative estimate of drug-likeness (QED) is 0.486. The highest BCUT2D eigenvalue weighted by Gasteiger charge is 2.23. The Labute approximate surface area is 188 Å². The molecule has 0 aliphatic carbocycles. The highest BCUT2D eigenvalue weighted by molar-refractivity contribution is 7.09. The van der Waals surface area contributed by atoms with E-state index >= 15 is 0 Å². The highest BCUT2D eigenvalue weighted by Crippen LogP contribution is 2.22. The molecule has 3 aromatic heterocycles. The van der Waals surface area contributed by atoms with Crippen molar-refractivity contribution < 1.29 is 14.3 Å². The number of carbonyl (C=O) groups is 2. The van der Waals surface area contributed by atoms with E-state index in [0.717, 1.165) is 22.3 Å². The Balaban J connectivity index is 1.35. The number of ether oxygens (including phenoxy) is 1. The molecule has 1 saturated heterocycles. The van der Waals surface area contributed by atoms with Crippen molar-refractivity contribution in [2.24, 2.45) is 0 Å². The monoisotopic (exact) mass is 447 g/mol. The molecule has 4 aromatic rings. The molecule has 5 rings (SSSR count). The van der Waals surface area contributed by atoms with Crippen LogP contribution in [0.4, 0.5) is 10.5 Å². The first-order valence-corrected chi connectivity index (χ1v) is 11.1. The standard InChI is InChI=1S/C23H21N5O3S/c1-15-10-19(20-13-25-28(21(20)26-15)14-18-6-3-9-32-18)22(29)24-12-16-4-2-5-17(11-16)27-7-8-31-23(27)30/h2-6,9-11,13H,7-8,12,14H2,1H3,(H,24,29). The molecule has 162 valence electrons. The van der Waals surface area contributed by atoms with Gasteiger partial charge in [0.1, 0.15) is 6.61 Å². The fraction of sp³-hybridized carbons (Fsp3) is 0.217. The van der Waals surface area contributed by atoms with Crippen molar-refractivity contribution in [2.75, 3.05) is 18.1 Å². The summed E-state index contributed by atoms with van der Waals surface area (Å²) in [5.41, 5.74) is 3.65. The van der Waals surface area contributed by atoms with Gasteiger partial charge in [0.2, 0.25) is 0 Å². The van der Waals surface area contributed by atoms with Gasteiger partial charge in [-0.3, -0.25) is 9.69 Å². The van der Waals surface area contributed by atoms with Crippen LogP contribution in [0.25, 0.3) is 11.0 Å². The van der Waals surface area contributed by atoms with E-state index < -0.39 is 0 Å². The van der Waals surface area contributed by atoms with Crippen LogP contribution in [-0.2, 0) is 17.8 Å². The molecule has 8 nitrogen and oxygen atoms in total. The lowest BCUT2D eigenvalue weighted by Crippen LogP contribution is -2.25. The number of nitrogens with one attached hydrogen (secondary N) is 1. The maximum Gasteiger partial charge on any atom is 0.414 e. The number of thiophene rings is 1. The summed E-state index contributed by atoms with van der Waals surface area (Å²) in [4.78, 5) is 32.2. The van der Waals surface area contributed by atoms with Crippen LogP contribution in [0.1, 0.15) is 26.5 Å². The normalized spacial score (nSPS) is 13.5. The molecule has 0 spiro atoms. The van der Waals surface area contributed by atoms with Crippen LogP contribution >= 0.6 is 11.3 Å². The van der Waals surface area contributed by atoms with Gasteiger partial charge in [0.25, 0.3) is 5.91 Å². The molecule has 0 bridgehead atoms. The minimum atomic E-state index is -0.347. The first kappa shape index (κ1) is 20.2. The Morgan fingerprint density at radius 1 is 1.25 bits per heavy atom. The number of carbonyl (C=O) groups excluding carboxylic acids is 2. The maximum absolute atomic E-state index is 13.0. The molecule has 1 aliphatic heterocycles. The van der Waals surface area contributed by atoms with Crippen molar-refractivity contribution in [2.45, 2.75) is 20.0 Å². The summed E-state index contributed by atoms with van der Waals surface area (Å²) in [6, 6.07) is 13.4. The number of hydrogen-bond acceptors (Lipinski definition) is 6. The molecular weight excluding hydrogens is 426 g/mol. The van der Waals surface area contributed by atoms with Crippen molar-refractivity contribution in [1.82, 2.24) is 20.1 Å². The SMILES string of the molecule is Cc1cc(C(=O)NCc2cccc(N3CCOC3=O)c2)c2cnn(Cc3cccs3)c2n1. The molecule has 4 heterocycles. The number of benzene rings is 1. The van der Waals surface area contributed by atoms with E-state index in [9.17, 15) is 9.59 Å². The molecule has 32 heavy (non-hydrogen) atoms. The number of anilines is 1. The Kier molecular flexibility index (Phi) is 5.32. The summed E-state index contributed by atoms with van der Waals surface area (Å²) in [6.07, 6.45) is 1.35. The van der Waals surface area contributed by atoms with Crippen molar-refractivity contribution in [1.29, 1.82) is 0 Å². The van der Waals surface area contributed by atoms with Gasteiger partial charge in [0.05, 0.1) is 30.2 Å². The van der Waals surface area contributed by atoms with Gasteiger partial charge in [0, 0.05) is 22.8 Å². The van der Waals surface area contributed by atoms with Crippen molar-refractivity contribution in [3.8, 4) is 0 Å².